The third-order valence-electron chi connectivity index (χ3n) is 2.59. The van der Waals surface area contributed by atoms with E-state index in [1.54, 1.807) is 6.92 Å². The molecule has 0 radical (unpaired) electrons. The smallest absolute Gasteiger partial charge is 0.123 e. The quantitative estimate of drug-likeness (QED) is 0.894. The Morgan fingerprint density at radius 3 is 2.82 bits per heavy atom. The van der Waals surface area contributed by atoms with Gasteiger partial charge in [0.2, 0.25) is 0 Å². The summed E-state index contributed by atoms with van der Waals surface area (Å²) in [7, 11) is 0. The first-order valence-corrected chi connectivity index (χ1v) is 6.45. The van der Waals surface area contributed by atoms with Crippen molar-refractivity contribution in [2.75, 3.05) is 0 Å². The summed E-state index contributed by atoms with van der Waals surface area (Å²) >= 11 is 7.46. The van der Waals surface area contributed by atoms with Crippen molar-refractivity contribution in [1.29, 1.82) is 0 Å². The van der Waals surface area contributed by atoms with Gasteiger partial charge < -0.3 is 5.11 Å². The van der Waals surface area contributed by atoms with Gasteiger partial charge in [0.25, 0.3) is 0 Å². The van der Waals surface area contributed by atoms with Gasteiger partial charge in [-0.15, -0.1) is 11.3 Å². The average Bonchev–Trinajstić information content (AvgIpc) is 2.77. The van der Waals surface area contributed by atoms with Crippen molar-refractivity contribution in [1.82, 2.24) is 0 Å². The standard InChI is InChI=1S/C13H12ClFOS/c1-13(16,12-3-2-6-17-12)8-9-7-10(15)4-5-11(9)14/h2-7,16H,8H2,1H3. The number of aliphatic hydroxyl groups is 1. The maximum Gasteiger partial charge on any atom is 0.123 e. The molecule has 1 N–H and O–H groups in total. The molecule has 0 bridgehead atoms. The zero-order valence-electron chi connectivity index (χ0n) is 9.28. The van der Waals surface area contributed by atoms with E-state index in [1.807, 2.05) is 17.5 Å². The molecule has 1 aromatic carbocycles. The van der Waals surface area contributed by atoms with E-state index in [4.69, 9.17) is 11.6 Å². The Balaban J connectivity index is 2.29. The molecule has 17 heavy (non-hydrogen) atoms. The molecule has 1 nitrogen and oxygen atoms in total. The van der Waals surface area contributed by atoms with E-state index < -0.39 is 5.60 Å². The summed E-state index contributed by atoms with van der Waals surface area (Å²) in [6, 6.07) is 7.92. The van der Waals surface area contributed by atoms with Crippen molar-refractivity contribution in [3.05, 3.63) is 57.0 Å². The van der Waals surface area contributed by atoms with Gasteiger partial charge in [0.15, 0.2) is 0 Å². The average molecular weight is 271 g/mol. The van der Waals surface area contributed by atoms with E-state index >= 15 is 0 Å². The second-order valence-electron chi connectivity index (χ2n) is 4.16. The van der Waals surface area contributed by atoms with Crippen molar-refractivity contribution >= 4 is 22.9 Å². The monoisotopic (exact) mass is 270 g/mol. The molecule has 90 valence electrons. The zero-order chi connectivity index (χ0) is 12.5. The lowest BCUT2D eigenvalue weighted by molar-refractivity contribution is 0.0614. The van der Waals surface area contributed by atoms with Gasteiger partial charge in [0.1, 0.15) is 5.82 Å². The summed E-state index contributed by atoms with van der Waals surface area (Å²) < 4.78 is 13.1. The van der Waals surface area contributed by atoms with Gasteiger partial charge >= 0.3 is 0 Å². The Bertz CT molecular complexity index is 508. The largest absolute Gasteiger partial charge is 0.384 e. The Morgan fingerprint density at radius 2 is 2.18 bits per heavy atom. The van der Waals surface area contributed by atoms with Gasteiger partial charge in [-0.25, -0.2) is 4.39 Å². The van der Waals surface area contributed by atoms with E-state index in [2.05, 4.69) is 0 Å². The zero-order valence-corrected chi connectivity index (χ0v) is 10.9. The normalized spacial score (nSPS) is 14.6. The summed E-state index contributed by atoms with van der Waals surface area (Å²) in [6.07, 6.45) is 0.296. The minimum atomic E-state index is -1.02. The van der Waals surface area contributed by atoms with Crippen molar-refractivity contribution in [2.24, 2.45) is 0 Å². The van der Waals surface area contributed by atoms with Gasteiger partial charge in [0, 0.05) is 16.3 Å². The Kier molecular flexibility index (Phi) is 3.52. The van der Waals surface area contributed by atoms with Crippen LogP contribution in [0.2, 0.25) is 5.02 Å². The lowest BCUT2D eigenvalue weighted by Crippen LogP contribution is -2.23. The van der Waals surface area contributed by atoms with Gasteiger partial charge in [-0.3, -0.25) is 0 Å². The van der Waals surface area contributed by atoms with E-state index in [9.17, 15) is 9.50 Å². The highest BCUT2D eigenvalue weighted by atomic mass is 35.5. The number of hydrogen-bond donors (Lipinski definition) is 1. The molecule has 0 aliphatic rings. The van der Waals surface area contributed by atoms with E-state index in [0.29, 0.717) is 17.0 Å². The maximum atomic E-state index is 13.1. The van der Waals surface area contributed by atoms with Crippen LogP contribution in [0.1, 0.15) is 17.4 Å². The predicted octanol–water partition coefficient (Wildman–Crippen LogP) is 3.99. The second kappa shape index (κ2) is 4.77. The van der Waals surface area contributed by atoms with Crippen LogP contribution in [0.4, 0.5) is 4.39 Å². The van der Waals surface area contributed by atoms with Crippen LogP contribution in [0.25, 0.3) is 0 Å². The topological polar surface area (TPSA) is 20.2 Å². The summed E-state index contributed by atoms with van der Waals surface area (Å²) in [6.45, 7) is 1.71. The van der Waals surface area contributed by atoms with Gasteiger partial charge in [0.05, 0.1) is 5.60 Å². The molecule has 0 saturated carbocycles. The highest BCUT2D eigenvalue weighted by molar-refractivity contribution is 7.10. The molecule has 4 heteroatoms. The van der Waals surface area contributed by atoms with Crippen LogP contribution < -0.4 is 0 Å². The van der Waals surface area contributed by atoms with E-state index in [-0.39, 0.29) is 5.82 Å². The number of halogens is 2. The summed E-state index contributed by atoms with van der Waals surface area (Å²) in [5, 5.41) is 12.7. The molecule has 0 amide bonds. The minimum Gasteiger partial charge on any atom is -0.384 e. The summed E-state index contributed by atoms with van der Waals surface area (Å²) in [4.78, 5) is 0.845. The van der Waals surface area contributed by atoms with Crippen molar-refractivity contribution in [3.8, 4) is 0 Å². The third kappa shape index (κ3) is 2.86. The molecule has 1 aromatic heterocycles. The molecule has 2 rings (SSSR count). The van der Waals surface area contributed by atoms with Crippen LogP contribution >= 0.6 is 22.9 Å². The van der Waals surface area contributed by atoms with Crippen LogP contribution in [0, 0.1) is 5.82 Å². The lowest BCUT2D eigenvalue weighted by Gasteiger charge is -2.22. The van der Waals surface area contributed by atoms with Crippen molar-refractivity contribution in [3.63, 3.8) is 0 Å². The molecule has 0 fully saturated rings. The molecule has 1 atom stereocenters. The highest BCUT2D eigenvalue weighted by Crippen LogP contribution is 2.31. The Hall–Kier alpha value is -0.900. The number of benzene rings is 1. The SMILES string of the molecule is CC(O)(Cc1cc(F)ccc1Cl)c1cccs1. The molecule has 0 saturated heterocycles. The molecule has 2 aromatic rings. The minimum absolute atomic E-state index is 0.296. The van der Waals surface area contributed by atoms with Gasteiger partial charge in [-0.1, -0.05) is 17.7 Å². The molecular formula is C13H12ClFOS. The first-order chi connectivity index (χ1) is 7.99. The summed E-state index contributed by atoms with van der Waals surface area (Å²) in [5.74, 6) is -0.341. The second-order valence-corrected chi connectivity index (χ2v) is 5.52. The fourth-order valence-electron chi connectivity index (χ4n) is 1.72. The first kappa shape index (κ1) is 12.6. The van der Waals surface area contributed by atoms with Gasteiger partial charge in [-0.05, 0) is 42.1 Å². The molecular weight excluding hydrogens is 259 g/mol. The van der Waals surface area contributed by atoms with Crippen LogP contribution in [0.5, 0.6) is 0 Å². The Labute approximate surface area is 108 Å². The Morgan fingerprint density at radius 1 is 1.41 bits per heavy atom. The predicted molar refractivity (Wildman–Crippen MR) is 69.0 cm³/mol. The molecule has 0 aliphatic heterocycles. The molecule has 0 spiro atoms. The van der Waals surface area contributed by atoms with Crippen LogP contribution in [-0.2, 0) is 12.0 Å². The number of thiophene rings is 1. The third-order valence-corrected chi connectivity index (χ3v) is 4.09. The lowest BCUT2D eigenvalue weighted by atomic mass is 9.95. The molecule has 1 unspecified atom stereocenters. The van der Waals surface area contributed by atoms with Crippen molar-refractivity contribution in [2.45, 2.75) is 18.9 Å². The fraction of sp³-hybridized carbons (Fsp3) is 0.231. The van der Waals surface area contributed by atoms with Crippen LogP contribution in [0.15, 0.2) is 35.7 Å². The van der Waals surface area contributed by atoms with E-state index in [0.717, 1.165) is 4.88 Å². The summed E-state index contributed by atoms with van der Waals surface area (Å²) in [5.41, 5.74) is -0.406. The van der Waals surface area contributed by atoms with Crippen molar-refractivity contribution < 1.29 is 9.50 Å². The number of rotatable bonds is 3. The molecule has 1 heterocycles. The molecule has 0 aliphatic carbocycles. The van der Waals surface area contributed by atoms with Crippen LogP contribution in [0.3, 0.4) is 0 Å². The van der Waals surface area contributed by atoms with Crippen LogP contribution in [-0.4, -0.2) is 5.11 Å². The van der Waals surface area contributed by atoms with Gasteiger partial charge in [-0.2, -0.15) is 0 Å². The first-order valence-electron chi connectivity index (χ1n) is 5.19. The maximum absolute atomic E-state index is 13.1. The fourth-order valence-corrected chi connectivity index (χ4v) is 2.69. The highest BCUT2D eigenvalue weighted by Gasteiger charge is 2.25. The van der Waals surface area contributed by atoms with E-state index in [1.165, 1.54) is 29.5 Å². The number of hydrogen-bond acceptors (Lipinski definition) is 2.